The van der Waals surface area contributed by atoms with Crippen LogP contribution >= 0.6 is 0 Å². The molecule has 16 heavy (non-hydrogen) atoms. The number of carbonyl (C=O) groups is 1. The molecular weight excluding hydrogens is 196 g/mol. The van der Waals surface area contributed by atoms with Gasteiger partial charge in [-0.2, -0.15) is 0 Å². The molecule has 1 nitrogen and oxygen atoms in total. The van der Waals surface area contributed by atoms with Gasteiger partial charge in [0, 0.05) is 5.57 Å². The number of hydrogen-bond acceptors (Lipinski definition) is 1. The van der Waals surface area contributed by atoms with Crippen LogP contribution in [0.4, 0.5) is 0 Å². The van der Waals surface area contributed by atoms with Gasteiger partial charge in [-0.05, 0) is 56.0 Å². The van der Waals surface area contributed by atoms with E-state index in [0.717, 1.165) is 11.1 Å². The van der Waals surface area contributed by atoms with E-state index >= 15 is 0 Å². The molecule has 0 radical (unpaired) electrons. The minimum atomic E-state index is 0.0168. The minimum Gasteiger partial charge on any atom is -0.295 e. The van der Waals surface area contributed by atoms with Crippen molar-refractivity contribution in [2.75, 3.05) is 0 Å². The fourth-order valence-electron chi connectivity index (χ4n) is 1.43. The normalized spacial score (nSPS) is 11.4. The van der Waals surface area contributed by atoms with Crippen LogP contribution < -0.4 is 0 Å². The average molecular weight is 214 g/mol. The van der Waals surface area contributed by atoms with Gasteiger partial charge in [0.05, 0.1) is 0 Å². The van der Waals surface area contributed by atoms with Crippen LogP contribution in [0, 0.1) is 13.8 Å². The van der Waals surface area contributed by atoms with Crippen LogP contribution in [0.1, 0.15) is 30.5 Å². The zero-order valence-electron chi connectivity index (χ0n) is 10.4. The van der Waals surface area contributed by atoms with Crippen LogP contribution in [0.25, 0.3) is 5.57 Å². The van der Waals surface area contributed by atoms with Crippen LogP contribution in [0.2, 0.25) is 0 Å². The number of Topliss-reactive ketones (excluding diaryl/α,β-unsaturated/α-hetero) is 1. The molecular formula is C15H18O. The standard InChI is InChI=1S/C15H18O/c1-10-6-7-15(9-11(10)2)13(4)8-12(3)14(5)16/h6-9H,3H2,1-2,4-5H3/b13-8+. The van der Waals surface area contributed by atoms with Crippen molar-refractivity contribution < 1.29 is 4.79 Å². The first-order chi connectivity index (χ1) is 7.41. The van der Waals surface area contributed by atoms with Crippen molar-refractivity contribution in [3.05, 3.63) is 53.1 Å². The average Bonchev–Trinajstić information content (AvgIpc) is 2.21. The third-order valence-corrected chi connectivity index (χ3v) is 2.81. The Bertz CT molecular complexity index is 464. The zero-order chi connectivity index (χ0) is 12.3. The fourth-order valence-corrected chi connectivity index (χ4v) is 1.43. The minimum absolute atomic E-state index is 0.0168. The summed E-state index contributed by atoms with van der Waals surface area (Å²) in [6.07, 6.45) is 1.84. The first-order valence-electron chi connectivity index (χ1n) is 5.37. The largest absolute Gasteiger partial charge is 0.295 e. The molecule has 1 rings (SSSR count). The quantitative estimate of drug-likeness (QED) is 0.551. The van der Waals surface area contributed by atoms with E-state index in [2.05, 4.69) is 38.6 Å². The highest BCUT2D eigenvalue weighted by atomic mass is 16.1. The Morgan fingerprint density at radius 2 is 1.81 bits per heavy atom. The molecule has 1 aromatic rings. The zero-order valence-corrected chi connectivity index (χ0v) is 10.4. The van der Waals surface area contributed by atoms with Crippen LogP contribution in [-0.4, -0.2) is 5.78 Å². The lowest BCUT2D eigenvalue weighted by atomic mass is 9.99. The van der Waals surface area contributed by atoms with Gasteiger partial charge in [0.2, 0.25) is 0 Å². The Morgan fingerprint density at radius 3 is 2.31 bits per heavy atom. The molecule has 0 unspecified atom stereocenters. The van der Waals surface area contributed by atoms with Crippen molar-refractivity contribution in [2.45, 2.75) is 27.7 Å². The van der Waals surface area contributed by atoms with Crippen molar-refractivity contribution in [3.63, 3.8) is 0 Å². The SMILES string of the molecule is C=C(/C=C(\C)c1ccc(C)c(C)c1)C(C)=O. The third-order valence-electron chi connectivity index (χ3n) is 2.81. The number of rotatable bonds is 3. The van der Waals surface area contributed by atoms with Crippen molar-refractivity contribution >= 4 is 11.4 Å². The molecule has 0 N–H and O–H groups in total. The molecule has 0 heterocycles. The van der Waals surface area contributed by atoms with Gasteiger partial charge < -0.3 is 0 Å². The van der Waals surface area contributed by atoms with E-state index in [1.54, 1.807) is 0 Å². The molecule has 0 spiro atoms. The van der Waals surface area contributed by atoms with Gasteiger partial charge in [0.15, 0.2) is 5.78 Å². The van der Waals surface area contributed by atoms with E-state index in [0.29, 0.717) is 5.57 Å². The number of benzene rings is 1. The molecule has 0 aliphatic rings. The van der Waals surface area contributed by atoms with E-state index in [4.69, 9.17) is 0 Å². The molecule has 0 amide bonds. The predicted molar refractivity (Wildman–Crippen MR) is 69.4 cm³/mol. The van der Waals surface area contributed by atoms with Gasteiger partial charge in [-0.25, -0.2) is 0 Å². The Hall–Kier alpha value is -1.63. The molecule has 1 heteroatoms. The first kappa shape index (κ1) is 12.4. The summed E-state index contributed by atoms with van der Waals surface area (Å²) in [4.78, 5) is 11.1. The summed E-state index contributed by atoms with van der Waals surface area (Å²) in [5, 5.41) is 0. The Labute approximate surface area is 97.5 Å². The van der Waals surface area contributed by atoms with Crippen LogP contribution in [0.3, 0.4) is 0 Å². The highest BCUT2D eigenvalue weighted by Crippen LogP contribution is 2.19. The molecule has 0 aromatic heterocycles. The lowest BCUT2D eigenvalue weighted by Crippen LogP contribution is -1.92. The monoisotopic (exact) mass is 214 g/mol. The van der Waals surface area contributed by atoms with E-state index in [1.807, 2.05) is 13.0 Å². The third kappa shape index (κ3) is 2.93. The topological polar surface area (TPSA) is 17.1 Å². The molecule has 0 saturated heterocycles. The maximum Gasteiger partial charge on any atom is 0.159 e. The Balaban J connectivity index is 3.05. The van der Waals surface area contributed by atoms with Crippen molar-refractivity contribution in [1.82, 2.24) is 0 Å². The fraction of sp³-hybridized carbons (Fsp3) is 0.267. The molecule has 0 bridgehead atoms. The van der Waals surface area contributed by atoms with Crippen LogP contribution in [0.15, 0.2) is 36.4 Å². The van der Waals surface area contributed by atoms with Crippen LogP contribution in [0.5, 0.6) is 0 Å². The Morgan fingerprint density at radius 1 is 1.19 bits per heavy atom. The summed E-state index contributed by atoms with van der Waals surface area (Å²) in [7, 11) is 0. The van der Waals surface area contributed by atoms with Crippen LogP contribution in [-0.2, 0) is 4.79 Å². The van der Waals surface area contributed by atoms with Crippen molar-refractivity contribution in [1.29, 1.82) is 0 Å². The smallest absolute Gasteiger partial charge is 0.159 e. The van der Waals surface area contributed by atoms with E-state index in [-0.39, 0.29) is 5.78 Å². The first-order valence-corrected chi connectivity index (χ1v) is 5.37. The second-order valence-corrected chi connectivity index (χ2v) is 4.21. The molecule has 0 atom stereocenters. The van der Waals surface area contributed by atoms with E-state index < -0.39 is 0 Å². The lowest BCUT2D eigenvalue weighted by Gasteiger charge is -2.06. The summed E-state index contributed by atoms with van der Waals surface area (Å²) in [6.45, 7) is 11.4. The summed E-state index contributed by atoms with van der Waals surface area (Å²) < 4.78 is 0. The van der Waals surface area contributed by atoms with Crippen molar-refractivity contribution in [2.24, 2.45) is 0 Å². The van der Waals surface area contributed by atoms with Gasteiger partial charge >= 0.3 is 0 Å². The highest BCUT2D eigenvalue weighted by Gasteiger charge is 2.01. The number of carbonyl (C=O) groups excluding carboxylic acids is 1. The molecule has 0 aliphatic carbocycles. The van der Waals surface area contributed by atoms with Gasteiger partial charge in [0.25, 0.3) is 0 Å². The number of aryl methyl sites for hydroxylation is 2. The van der Waals surface area contributed by atoms with E-state index in [9.17, 15) is 4.79 Å². The second-order valence-electron chi connectivity index (χ2n) is 4.21. The number of hydrogen-bond donors (Lipinski definition) is 0. The van der Waals surface area contributed by atoms with E-state index in [1.165, 1.54) is 18.1 Å². The molecule has 0 fully saturated rings. The molecule has 0 aliphatic heterocycles. The summed E-state index contributed by atoms with van der Waals surface area (Å²) in [6, 6.07) is 6.30. The molecule has 1 aromatic carbocycles. The predicted octanol–water partition coefficient (Wildman–Crippen LogP) is 3.85. The molecule has 84 valence electrons. The van der Waals surface area contributed by atoms with Crippen molar-refractivity contribution in [3.8, 4) is 0 Å². The highest BCUT2D eigenvalue weighted by molar-refractivity contribution is 5.97. The maximum atomic E-state index is 11.1. The number of ketones is 1. The lowest BCUT2D eigenvalue weighted by molar-refractivity contribution is -0.113. The van der Waals surface area contributed by atoms with Gasteiger partial charge in [0.1, 0.15) is 0 Å². The summed E-state index contributed by atoms with van der Waals surface area (Å²) in [5.41, 5.74) is 5.31. The number of allylic oxidation sites excluding steroid dienone is 3. The Kier molecular flexibility index (Phi) is 3.83. The van der Waals surface area contributed by atoms with Gasteiger partial charge in [-0.3, -0.25) is 4.79 Å². The molecule has 0 saturated carbocycles. The van der Waals surface area contributed by atoms with Gasteiger partial charge in [-0.15, -0.1) is 0 Å². The maximum absolute atomic E-state index is 11.1. The summed E-state index contributed by atoms with van der Waals surface area (Å²) >= 11 is 0. The van der Waals surface area contributed by atoms with Gasteiger partial charge in [-0.1, -0.05) is 24.8 Å². The summed E-state index contributed by atoms with van der Waals surface area (Å²) in [5.74, 6) is 0.0168. The second kappa shape index (κ2) is 4.93.